The Morgan fingerprint density at radius 2 is 1.79 bits per heavy atom. The molecule has 2 heterocycles. The predicted octanol–water partition coefficient (Wildman–Crippen LogP) is 5.49. The van der Waals surface area contributed by atoms with Gasteiger partial charge in [0.05, 0.1) is 22.9 Å². The van der Waals surface area contributed by atoms with E-state index in [1.54, 1.807) is 30.7 Å². The minimum atomic E-state index is -5.60. The molecule has 42 heavy (non-hydrogen) atoms. The third-order valence-electron chi connectivity index (χ3n) is 7.23. The molecular weight excluding hydrogens is 577 g/mol. The number of nitrogens with one attached hydrogen (secondary N) is 2. The summed E-state index contributed by atoms with van der Waals surface area (Å²) in [4.78, 5) is 29.9. The van der Waals surface area contributed by atoms with Crippen molar-refractivity contribution in [1.29, 1.82) is 0 Å². The molecule has 0 spiro atoms. The minimum absolute atomic E-state index is 0.198. The minimum Gasteiger partial charge on any atom is -0.480 e. The standard InChI is InChI=1S/C28H27F3N4O6S/c29-28(30,31)42(39,40)34-20-9-6-17(7-10-20)14-23(27(37)38)33-26(36)18-8-11-24-22(15-18)32-25(19-12-13-41-16-19)35(24)21-4-2-1-3-5-21/h6-13,15-16,21,23,34H,1-5,14H2,(H,33,36)(H,37,38)/t23-/m0/s1. The molecule has 1 saturated carbocycles. The lowest BCUT2D eigenvalue weighted by Crippen LogP contribution is -2.42. The van der Waals surface area contributed by atoms with Gasteiger partial charge in [-0.2, -0.15) is 21.6 Å². The number of nitrogens with zero attached hydrogens (tertiary/aromatic N) is 2. The summed E-state index contributed by atoms with van der Waals surface area (Å²) in [6, 6.07) is 10.4. The van der Waals surface area contributed by atoms with Gasteiger partial charge in [-0.25, -0.2) is 9.78 Å². The van der Waals surface area contributed by atoms with Crippen LogP contribution in [0.2, 0.25) is 0 Å². The molecular formula is C28H27F3N4O6S. The molecule has 4 aromatic rings. The predicted molar refractivity (Wildman–Crippen MR) is 147 cm³/mol. The third-order valence-corrected chi connectivity index (χ3v) is 8.34. The Hall–Kier alpha value is -4.33. The molecule has 3 N–H and O–H groups in total. The summed E-state index contributed by atoms with van der Waals surface area (Å²) in [5.41, 5.74) is -3.03. The van der Waals surface area contributed by atoms with Gasteiger partial charge in [-0.15, -0.1) is 0 Å². The van der Waals surface area contributed by atoms with E-state index in [4.69, 9.17) is 9.40 Å². The zero-order chi connectivity index (χ0) is 30.1. The number of carboxylic acids is 1. The molecule has 1 fully saturated rings. The molecule has 2 aromatic carbocycles. The van der Waals surface area contributed by atoms with E-state index >= 15 is 0 Å². The van der Waals surface area contributed by atoms with Crippen LogP contribution in [0.4, 0.5) is 18.9 Å². The monoisotopic (exact) mass is 604 g/mol. The molecule has 10 nitrogen and oxygen atoms in total. The first-order chi connectivity index (χ1) is 19.9. The number of imidazole rings is 1. The summed E-state index contributed by atoms with van der Waals surface area (Å²) in [6.45, 7) is 0. The van der Waals surface area contributed by atoms with Crippen molar-refractivity contribution < 1.29 is 40.7 Å². The van der Waals surface area contributed by atoms with E-state index in [9.17, 15) is 36.3 Å². The number of sulfonamides is 1. The van der Waals surface area contributed by atoms with Crippen LogP contribution >= 0.6 is 0 Å². The van der Waals surface area contributed by atoms with Crippen LogP contribution in [0.25, 0.3) is 22.4 Å². The zero-order valence-electron chi connectivity index (χ0n) is 22.1. The Kier molecular flexibility index (Phi) is 7.99. The first-order valence-electron chi connectivity index (χ1n) is 13.2. The smallest absolute Gasteiger partial charge is 0.480 e. The summed E-state index contributed by atoms with van der Waals surface area (Å²) in [5.74, 6) is -1.24. The number of benzene rings is 2. The molecule has 5 rings (SSSR count). The van der Waals surface area contributed by atoms with Crippen LogP contribution in [0.1, 0.15) is 54.1 Å². The van der Waals surface area contributed by atoms with Crippen molar-refractivity contribution in [3.8, 4) is 11.4 Å². The van der Waals surface area contributed by atoms with Gasteiger partial charge in [-0.3, -0.25) is 9.52 Å². The summed E-state index contributed by atoms with van der Waals surface area (Å²) >= 11 is 0. The second-order valence-corrected chi connectivity index (χ2v) is 11.8. The first-order valence-corrected chi connectivity index (χ1v) is 14.7. The van der Waals surface area contributed by atoms with Crippen LogP contribution in [-0.4, -0.2) is 46.5 Å². The number of amides is 1. The van der Waals surface area contributed by atoms with Gasteiger partial charge in [0.15, 0.2) is 0 Å². The highest BCUT2D eigenvalue weighted by atomic mass is 32.2. The van der Waals surface area contributed by atoms with E-state index < -0.39 is 33.4 Å². The number of hydrogen-bond donors (Lipinski definition) is 3. The van der Waals surface area contributed by atoms with Crippen molar-refractivity contribution in [2.24, 2.45) is 0 Å². The fourth-order valence-electron chi connectivity index (χ4n) is 5.14. The van der Waals surface area contributed by atoms with Crippen LogP contribution in [0.3, 0.4) is 0 Å². The number of carboxylic acid groups (broad SMARTS) is 1. The largest absolute Gasteiger partial charge is 0.516 e. The van der Waals surface area contributed by atoms with Crippen LogP contribution < -0.4 is 10.0 Å². The lowest BCUT2D eigenvalue weighted by atomic mass is 9.95. The van der Waals surface area contributed by atoms with Crippen molar-refractivity contribution in [2.75, 3.05) is 4.72 Å². The maximum atomic E-state index is 13.1. The van der Waals surface area contributed by atoms with E-state index in [1.165, 1.54) is 23.3 Å². The molecule has 222 valence electrons. The lowest BCUT2D eigenvalue weighted by molar-refractivity contribution is -0.139. The number of rotatable bonds is 9. The number of hydrogen-bond acceptors (Lipinski definition) is 6. The fourth-order valence-corrected chi connectivity index (χ4v) is 5.71. The van der Waals surface area contributed by atoms with Crippen LogP contribution in [0, 0.1) is 0 Å². The molecule has 0 saturated heterocycles. The second-order valence-electron chi connectivity index (χ2n) is 10.1. The number of halogens is 3. The Labute approximate surface area is 238 Å². The number of carbonyl (C=O) groups is 2. The number of aliphatic carboxylic acids is 1. The van der Waals surface area contributed by atoms with E-state index in [-0.39, 0.29) is 23.7 Å². The Balaban J connectivity index is 1.34. The van der Waals surface area contributed by atoms with E-state index in [0.29, 0.717) is 11.1 Å². The molecule has 0 radical (unpaired) electrons. The SMILES string of the molecule is O=C(N[C@@H](Cc1ccc(NS(=O)(=O)C(F)(F)F)cc1)C(=O)O)c1ccc2c(c1)nc(-c1ccoc1)n2C1CCCCC1. The van der Waals surface area contributed by atoms with Crippen molar-refractivity contribution in [2.45, 2.75) is 56.1 Å². The maximum Gasteiger partial charge on any atom is 0.516 e. The molecule has 1 aliphatic carbocycles. The first kappa shape index (κ1) is 29.2. The molecule has 1 amide bonds. The molecule has 0 aliphatic heterocycles. The quantitative estimate of drug-likeness (QED) is 0.229. The van der Waals surface area contributed by atoms with Crippen molar-refractivity contribution >= 4 is 38.6 Å². The van der Waals surface area contributed by atoms with Gasteiger partial charge in [0.1, 0.15) is 18.1 Å². The average molecular weight is 605 g/mol. The molecule has 0 bridgehead atoms. The van der Waals surface area contributed by atoms with E-state index in [0.717, 1.165) is 54.7 Å². The number of fused-ring (bicyclic) bond motifs is 1. The molecule has 1 aliphatic rings. The average Bonchev–Trinajstić information content (AvgIpc) is 3.61. The van der Waals surface area contributed by atoms with Crippen LogP contribution in [0.15, 0.2) is 65.5 Å². The maximum absolute atomic E-state index is 13.1. The molecule has 0 unspecified atom stereocenters. The normalized spacial score (nSPS) is 15.4. The van der Waals surface area contributed by atoms with Gasteiger partial charge in [-0.1, -0.05) is 31.4 Å². The van der Waals surface area contributed by atoms with Crippen LogP contribution in [-0.2, 0) is 21.2 Å². The van der Waals surface area contributed by atoms with Crippen molar-refractivity contribution in [3.63, 3.8) is 0 Å². The topological polar surface area (TPSA) is 144 Å². The third kappa shape index (κ3) is 6.12. The van der Waals surface area contributed by atoms with Gasteiger partial charge in [-0.05, 0) is 54.8 Å². The summed E-state index contributed by atoms with van der Waals surface area (Å²) in [6.07, 6.45) is 8.40. The Morgan fingerprint density at radius 1 is 1.07 bits per heavy atom. The van der Waals surface area contributed by atoms with Gasteiger partial charge in [0.2, 0.25) is 0 Å². The number of anilines is 1. The van der Waals surface area contributed by atoms with Crippen molar-refractivity contribution in [1.82, 2.24) is 14.9 Å². The Bertz CT molecular complexity index is 1690. The van der Waals surface area contributed by atoms with E-state index in [2.05, 4.69) is 9.88 Å². The number of carbonyl (C=O) groups excluding carboxylic acids is 1. The lowest BCUT2D eigenvalue weighted by Gasteiger charge is -2.25. The van der Waals surface area contributed by atoms with Gasteiger partial charge < -0.3 is 19.4 Å². The van der Waals surface area contributed by atoms with Gasteiger partial charge in [0.25, 0.3) is 5.91 Å². The molecule has 1 atom stereocenters. The zero-order valence-corrected chi connectivity index (χ0v) is 22.9. The number of aromatic nitrogens is 2. The molecule has 14 heteroatoms. The summed E-state index contributed by atoms with van der Waals surface area (Å²) < 4.78 is 69.3. The highest BCUT2D eigenvalue weighted by molar-refractivity contribution is 7.93. The number of alkyl halides is 3. The highest BCUT2D eigenvalue weighted by Crippen LogP contribution is 2.36. The van der Waals surface area contributed by atoms with Gasteiger partial charge in [0, 0.05) is 23.7 Å². The van der Waals surface area contributed by atoms with Crippen LogP contribution in [0.5, 0.6) is 0 Å². The van der Waals surface area contributed by atoms with Gasteiger partial charge >= 0.3 is 21.5 Å². The second kappa shape index (κ2) is 11.5. The highest BCUT2D eigenvalue weighted by Gasteiger charge is 2.46. The number of furan rings is 1. The summed E-state index contributed by atoms with van der Waals surface area (Å²) in [5, 5.41) is 12.2. The molecule has 2 aromatic heterocycles. The van der Waals surface area contributed by atoms with E-state index in [1.807, 2.05) is 6.07 Å². The summed E-state index contributed by atoms with van der Waals surface area (Å²) in [7, 11) is -5.60. The fraction of sp³-hybridized carbons (Fsp3) is 0.321. The Morgan fingerprint density at radius 3 is 2.40 bits per heavy atom. The van der Waals surface area contributed by atoms with Crippen molar-refractivity contribution in [3.05, 3.63) is 72.2 Å².